The van der Waals surface area contributed by atoms with E-state index in [4.69, 9.17) is 0 Å². The minimum atomic E-state index is 1.08. The summed E-state index contributed by atoms with van der Waals surface area (Å²) in [5, 5.41) is 0. The Bertz CT molecular complexity index is 609. The third-order valence-corrected chi connectivity index (χ3v) is 3.71. The first kappa shape index (κ1) is 11.2. The maximum Gasteiger partial charge on any atom is 0.0704 e. The fraction of sp³-hybridized carbons (Fsp3) is 0.235. The van der Waals surface area contributed by atoms with E-state index in [2.05, 4.69) is 49.2 Å². The van der Waals surface area contributed by atoms with Gasteiger partial charge in [0.2, 0.25) is 0 Å². The van der Waals surface area contributed by atoms with Crippen LogP contribution in [0.2, 0.25) is 0 Å². The van der Waals surface area contributed by atoms with E-state index in [1.807, 2.05) is 12.3 Å². The van der Waals surface area contributed by atoms with Crippen LogP contribution < -0.4 is 0 Å². The number of hydrogen-bond donors (Lipinski definition) is 0. The highest BCUT2D eigenvalue weighted by atomic mass is 14.7. The molecule has 1 aromatic heterocycles. The van der Waals surface area contributed by atoms with Gasteiger partial charge in [0, 0.05) is 11.8 Å². The van der Waals surface area contributed by atoms with Crippen LogP contribution in [-0.4, -0.2) is 4.98 Å². The number of benzene rings is 1. The lowest BCUT2D eigenvalue weighted by Gasteiger charge is -2.19. The summed E-state index contributed by atoms with van der Waals surface area (Å²) in [4.78, 5) is 4.49. The van der Waals surface area contributed by atoms with Gasteiger partial charge in [-0.05, 0) is 61.1 Å². The van der Waals surface area contributed by atoms with Gasteiger partial charge in [-0.15, -0.1) is 0 Å². The van der Waals surface area contributed by atoms with Crippen molar-refractivity contribution in [1.82, 2.24) is 4.98 Å². The van der Waals surface area contributed by atoms with Crippen LogP contribution in [0, 0.1) is 13.8 Å². The molecule has 0 saturated carbocycles. The van der Waals surface area contributed by atoms with E-state index >= 15 is 0 Å². The maximum atomic E-state index is 4.49. The van der Waals surface area contributed by atoms with E-state index in [1.165, 1.54) is 27.8 Å². The molecule has 1 heterocycles. The van der Waals surface area contributed by atoms with Crippen LogP contribution in [0.3, 0.4) is 0 Å². The largest absolute Gasteiger partial charge is 0.256 e. The van der Waals surface area contributed by atoms with Gasteiger partial charge in [0.15, 0.2) is 0 Å². The van der Waals surface area contributed by atoms with Gasteiger partial charge in [-0.25, -0.2) is 0 Å². The van der Waals surface area contributed by atoms with Gasteiger partial charge in [-0.1, -0.05) is 24.3 Å². The molecular weight excluding hydrogens is 218 g/mol. The molecule has 90 valence electrons. The first-order chi connectivity index (χ1) is 8.75. The second kappa shape index (κ2) is 4.41. The molecule has 0 N–H and O–H groups in total. The Kier molecular flexibility index (Phi) is 2.75. The molecule has 1 heteroatoms. The average molecular weight is 235 g/mol. The van der Waals surface area contributed by atoms with Gasteiger partial charge in [-0.2, -0.15) is 0 Å². The molecule has 0 unspecified atom stereocenters. The van der Waals surface area contributed by atoms with Gasteiger partial charge >= 0.3 is 0 Å². The smallest absolute Gasteiger partial charge is 0.0704 e. The minimum Gasteiger partial charge on any atom is -0.256 e. The Hall–Kier alpha value is -1.89. The number of aryl methyl sites for hydroxylation is 3. The number of nitrogens with zero attached hydrogens (tertiary/aromatic N) is 1. The number of fused-ring (bicyclic) bond motifs is 1. The predicted octanol–water partition coefficient (Wildman–Crippen LogP) is 4.08. The highest BCUT2D eigenvalue weighted by molar-refractivity contribution is 5.81. The normalized spacial score (nSPS) is 14.0. The van der Waals surface area contributed by atoms with Crippen molar-refractivity contribution in [3.8, 4) is 0 Å². The van der Waals surface area contributed by atoms with Crippen LogP contribution in [0.15, 0.2) is 42.6 Å². The summed E-state index contributed by atoms with van der Waals surface area (Å²) in [6.07, 6.45) is 6.44. The van der Waals surface area contributed by atoms with Crippen LogP contribution in [0.25, 0.3) is 5.57 Å². The standard InChI is InChI=1S/C17H17N/c1-12-10-14-6-5-7-15(16(14)11-13(12)2)17-8-3-4-9-18-17/h3-4,7-11H,5-6H2,1-2H3. The van der Waals surface area contributed by atoms with Gasteiger partial charge in [0.05, 0.1) is 5.69 Å². The van der Waals surface area contributed by atoms with Crippen molar-refractivity contribution in [3.05, 3.63) is 70.6 Å². The number of aromatic nitrogens is 1. The molecule has 0 aliphatic heterocycles. The molecule has 1 aliphatic carbocycles. The van der Waals surface area contributed by atoms with E-state index in [0.29, 0.717) is 0 Å². The highest BCUT2D eigenvalue weighted by Gasteiger charge is 2.15. The quantitative estimate of drug-likeness (QED) is 0.726. The third-order valence-electron chi connectivity index (χ3n) is 3.71. The van der Waals surface area contributed by atoms with Gasteiger partial charge in [0.25, 0.3) is 0 Å². The van der Waals surface area contributed by atoms with Crippen LogP contribution in [0.5, 0.6) is 0 Å². The molecular formula is C17H17N. The topological polar surface area (TPSA) is 12.9 Å². The fourth-order valence-corrected chi connectivity index (χ4v) is 2.58. The van der Waals surface area contributed by atoms with E-state index in [1.54, 1.807) is 0 Å². The predicted molar refractivity (Wildman–Crippen MR) is 75.6 cm³/mol. The number of allylic oxidation sites excluding steroid dienone is 1. The summed E-state index contributed by atoms with van der Waals surface area (Å²) in [5.41, 5.74) is 7.94. The van der Waals surface area contributed by atoms with E-state index in [0.717, 1.165) is 18.5 Å². The molecule has 0 saturated heterocycles. The molecule has 0 amide bonds. The first-order valence-electron chi connectivity index (χ1n) is 6.48. The van der Waals surface area contributed by atoms with Crippen LogP contribution >= 0.6 is 0 Å². The van der Waals surface area contributed by atoms with Gasteiger partial charge in [0.1, 0.15) is 0 Å². The van der Waals surface area contributed by atoms with Gasteiger partial charge in [-0.3, -0.25) is 4.98 Å². The van der Waals surface area contributed by atoms with Crippen molar-refractivity contribution in [3.63, 3.8) is 0 Å². The number of rotatable bonds is 1. The molecule has 0 atom stereocenters. The molecule has 1 aliphatic rings. The van der Waals surface area contributed by atoms with Crippen LogP contribution in [0.4, 0.5) is 0 Å². The fourth-order valence-electron chi connectivity index (χ4n) is 2.58. The van der Waals surface area contributed by atoms with E-state index in [9.17, 15) is 0 Å². The molecule has 2 aromatic rings. The summed E-state index contributed by atoms with van der Waals surface area (Å²) in [7, 11) is 0. The zero-order chi connectivity index (χ0) is 12.5. The van der Waals surface area contributed by atoms with E-state index in [-0.39, 0.29) is 0 Å². The van der Waals surface area contributed by atoms with Crippen molar-refractivity contribution in [2.75, 3.05) is 0 Å². The maximum absolute atomic E-state index is 4.49. The SMILES string of the molecule is Cc1cc2c(cc1C)C(c1ccccn1)=CCC2. The summed E-state index contributed by atoms with van der Waals surface area (Å²) >= 11 is 0. The molecule has 0 spiro atoms. The Morgan fingerprint density at radius 1 is 1.06 bits per heavy atom. The average Bonchev–Trinajstić information content (AvgIpc) is 2.40. The molecule has 0 radical (unpaired) electrons. The zero-order valence-electron chi connectivity index (χ0n) is 10.9. The van der Waals surface area contributed by atoms with Crippen molar-refractivity contribution < 1.29 is 0 Å². The zero-order valence-corrected chi connectivity index (χ0v) is 10.9. The Morgan fingerprint density at radius 2 is 1.89 bits per heavy atom. The highest BCUT2D eigenvalue weighted by Crippen LogP contribution is 2.32. The molecule has 0 fully saturated rings. The minimum absolute atomic E-state index is 1.08. The summed E-state index contributed by atoms with van der Waals surface area (Å²) < 4.78 is 0. The molecule has 18 heavy (non-hydrogen) atoms. The third kappa shape index (κ3) is 1.86. The van der Waals surface area contributed by atoms with Crippen molar-refractivity contribution in [2.45, 2.75) is 26.7 Å². The summed E-state index contributed by atoms with van der Waals surface area (Å²) in [6, 6.07) is 10.8. The van der Waals surface area contributed by atoms with Crippen molar-refractivity contribution in [1.29, 1.82) is 0 Å². The summed E-state index contributed by atoms with van der Waals surface area (Å²) in [6.45, 7) is 4.37. The van der Waals surface area contributed by atoms with E-state index < -0.39 is 0 Å². The molecule has 1 aromatic carbocycles. The van der Waals surface area contributed by atoms with Crippen molar-refractivity contribution in [2.24, 2.45) is 0 Å². The first-order valence-corrected chi connectivity index (χ1v) is 6.48. The van der Waals surface area contributed by atoms with Crippen molar-refractivity contribution >= 4 is 5.57 Å². The summed E-state index contributed by atoms with van der Waals surface area (Å²) in [5.74, 6) is 0. The molecule has 0 bridgehead atoms. The van der Waals surface area contributed by atoms with Crippen LogP contribution in [0.1, 0.15) is 34.4 Å². The number of pyridine rings is 1. The number of hydrogen-bond acceptors (Lipinski definition) is 1. The van der Waals surface area contributed by atoms with Gasteiger partial charge < -0.3 is 0 Å². The lowest BCUT2D eigenvalue weighted by atomic mass is 9.86. The Morgan fingerprint density at radius 3 is 2.67 bits per heavy atom. The Labute approximate surface area is 108 Å². The second-order valence-corrected chi connectivity index (χ2v) is 4.97. The lowest BCUT2D eigenvalue weighted by Crippen LogP contribution is -2.03. The molecule has 1 nitrogen and oxygen atoms in total. The molecule has 3 rings (SSSR count). The lowest BCUT2D eigenvalue weighted by molar-refractivity contribution is 0.968. The second-order valence-electron chi connectivity index (χ2n) is 4.97. The monoisotopic (exact) mass is 235 g/mol. The van der Waals surface area contributed by atoms with Crippen LogP contribution in [-0.2, 0) is 6.42 Å². The Balaban J connectivity index is 2.16.